The van der Waals surface area contributed by atoms with Crippen molar-refractivity contribution in [2.24, 2.45) is 0 Å². The number of hydrogen-bond acceptors (Lipinski definition) is 3. The number of nitrogens with one attached hydrogen (secondary N) is 1. The summed E-state index contributed by atoms with van der Waals surface area (Å²) in [6.45, 7) is 1.54. The van der Waals surface area contributed by atoms with Crippen LogP contribution < -0.4 is 5.32 Å². The smallest absolute Gasteiger partial charge is 0.232 e. The number of benzene rings is 1. The molecule has 2 atom stereocenters. The lowest BCUT2D eigenvalue weighted by Gasteiger charge is -2.24. The molecule has 0 aliphatic carbocycles. The van der Waals surface area contributed by atoms with Gasteiger partial charge >= 0.3 is 0 Å². The molecule has 3 rings (SSSR count). The van der Waals surface area contributed by atoms with Gasteiger partial charge in [-0.3, -0.25) is 4.79 Å². The van der Waals surface area contributed by atoms with E-state index < -0.39 is 11.6 Å². The minimum atomic E-state index is -0.872. The fourth-order valence-electron chi connectivity index (χ4n) is 2.97. The number of likely N-dealkylation sites (tertiary alicyclic amines) is 1. The molecule has 2 unspecified atom stereocenters. The van der Waals surface area contributed by atoms with Crippen LogP contribution in [-0.4, -0.2) is 41.7 Å². The lowest BCUT2D eigenvalue weighted by atomic mass is 10.1. The number of rotatable bonds is 3. The second-order valence-electron chi connectivity index (χ2n) is 5.63. The van der Waals surface area contributed by atoms with Gasteiger partial charge in [-0.1, -0.05) is 0 Å². The summed E-state index contributed by atoms with van der Waals surface area (Å²) in [4.78, 5) is 14.7. The first-order valence-electron chi connectivity index (χ1n) is 7.23. The first-order valence-corrected chi connectivity index (χ1v) is 8.22. The van der Waals surface area contributed by atoms with Crippen LogP contribution in [0.1, 0.15) is 19.3 Å². The molecule has 2 bridgehead atoms. The molecule has 21 heavy (non-hydrogen) atoms. The Morgan fingerprint density at radius 1 is 1.24 bits per heavy atom. The quantitative estimate of drug-likeness (QED) is 0.870. The second kappa shape index (κ2) is 6.32. The van der Waals surface area contributed by atoms with Gasteiger partial charge in [-0.2, -0.15) is 0 Å². The SMILES string of the molecule is O=C(CSc1ccc(F)c(F)c1)N1CCC2CCC(C1)N2. The summed E-state index contributed by atoms with van der Waals surface area (Å²) in [5, 5.41) is 3.53. The van der Waals surface area contributed by atoms with Gasteiger partial charge in [0.2, 0.25) is 5.91 Å². The summed E-state index contributed by atoms with van der Waals surface area (Å²) < 4.78 is 26.0. The van der Waals surface area contributed by atoms with Crippen molar-refractivity contribution in [2.75, 3.05) is 18.8 Å². The van der Waals surface area contributed by atoms with Gasteiger partial charge in [0.1, 0.15) is 0 Å². The fourth-order valence-corrected chi connectivity index (χ4v) is 3.80. The highest BCUT2D eigenvalue weighted by Gasteiger charge is 2.30. The molecule has 2 saturated heterocycles. The average Bonchev–Trinajstić information content (AvgIpc) is 2.79. The third-order valence-corrected chi connectivity index (χ3v) is 5.11. The van der Waals surface area contributed by atoms with E-state index in [2.05, 4.69) is 5.32 Å². The molecule has 1 N–H and O–H groups in total. The lowest BCUT2D eigenvalue weighted by Crippen LogP contribution is -2.39. The Labute approximate surface area is 127 Å². The van der Waals surface area contributed by atoms with Crippen molar-refractivity contribution >= 4 is 17.7 Å². The van der Waals surface area contributed by atoms with Gasteiger partial charge in [-0.15, -0.1) is 11.8 Å². The van der Waals surface area contributed by atoms with E-state index in [4.69, 9.17) is 0 Å². The Morgan fingerprint density at radius 3 is 2.86 bits per heavy atom. The normalized spacial score (nSPS) is 25.0. The zero-order chi connectivity index (χ0) is 14.8. The summed E-state index contributed by atoms with van der Waals surface area (Å²) in [5.74, 6) is -1.40. The van der Waals surface area contributed by atoms with Gasteiger partial charge in [0, 0.05) is 30.1 Å². The summed E-state index contributed by atoms with van der Waals surface area (Å²) in [6, 6.07) is 4.69. The molecule has 2 heterocycles. The van der Waals surface area contributed by atoms with Crippen LogP contribution >= 0.6 is 11.8 Å². The molecule has 2 aliphatic heterocycles. The minimum absolute atomic E-state index is 0.0686. The Hall–Kier alpha value is -1.14. The Bertz CT molecular complexity index is 540. The summed E-state index contributed by atoms with van der Waals surface area (Å²) in [7, 11) is 0. The molecule has 6 heteroatoms. The molecule has 0 spiro atoms. The number of fused-ring (bicyclic) bond motifs is 2. The molecule has 1 amide bonds. The summed E-state index contributed by atoms with van der Waals surface area (Å²) in [5.41, 5.74) is 0. The number of carbonyl (C=O) groups is 1. The van der Waals surface area contributed by atoms with Crippen molar-refractivity contribution in [1.82, 2.24) is 10.2 Å². The first-order chi connectivity index (χ1) is 10.1. The van der Waals surface area contributed by atoms with Crippen LogP contribution in [0.25, 0.3) is 0 Å². The number of thioether (sulfide) groups is 1. The monoisotopic (exact) mass is 312 g/mol. The number of nitrogens with zero attached hydrogens (tertiary/aromatic N) is 1. The number of halogens is 2. The number of amides is 1. The van der Waals surface area contributed by atoms with Crippen molar-refractivity contribution in [3.63, 3.8) is 0 Å². The predicted octanol–water partition coefficient (Wildman–Crippen LogP) is 2.41. The van der Waals surface area contributed by atoms with Gasteiger partial charge in [0.25, 0.3) is 0 Å². The van der Waals surface area contributed by atoms with E-state index in [1.807, 2.05) is 4.90 Å². The fraction of sp³-hybridized carbons (Fsp3) is 0.533. The van der Waals surface area contributed by atoms with Crippen molar-refractivity contribution in [1.29, 1.82) is 0 Å². The van der Waals surface area contributed by atoms with E-state index in [9.17, 15) is 13.6 Å². The van der Waals surface area contributed by atoms with Gasteiger partial charge in [0.15, 0.2) is 11.6 Å². The minimum Gasteiger partial charge on any atom is -0.340 e. The van der Waals surface area contributed by atoms with E-state index in [1.54, 1.807) is 0 Å². The number of hydrogen-bond donors (Lipinski definition) is 1. The van der Waals surface area contributed by atoms with Crippen molar-refractivity contribution in [3.05, 3.63) is 29.8 Å². The molecule has 0 aromatic heterocycles. The highest BCUT2D eigenvalue weighted by atomic mass is 32.2. The average molecular weight is 312 g/mol. The van der Waals surface area contributed by atoms with Crippen molar-refractivity contribution in [3.8, 4) is 0 Å². The summed E-state index contributed by atoms with van der Waals surface area (Å²) in [6.07, 6.45) is 3.33. The third kappa shape index (κ3) is 3.55. The van der Waals surface area contributed by atoms with E-state index >= 15 is 0 Å². The standard InChI is InChI=1S/C15H18F2N2OS/c16-13-4-3-12(7-14(13)17)21-9-15(20)19-6-5-10-1-2-11(8-19)18-10/h3-4,7,10-11,18H,1-2,5-6,8-9H2. The maximum atomic E-state index is 13.1. The lowest BCUT2D eigenvalue weighted by molar-refractivity contribution is -0.128. The molecule has 0 radical (unpaired) electrons. The van der Waals surface area contributed by atoms with Crippen LogP contribution in [0.3, 0.4) is 0 Å². The topological polar surface area (TPSA) is 32.3 Å². The maximum absolute atomic E-state index is 13.1. The van der Waals surface area contributed by atoms with Gasteiger partial charge < -0.3 is 10.2 Å². The first kappa shape index (κ1) is 14.8. The third-order valence-electron chi connectivity index (χ3n) is 4.13. The molecular formula is C15H18F2N2OS. The van der Waals surface area contributed by atoms with Crippen molar-refractivity contribution < 1.29 is 13.6 Å². The highest BCUT2D eigenvalue weighted by Crippen LogP contribution is 2.23. The summed E-state index contributed by atoms with van der Waals surface area (Å²) >= 11 is 1.25. The zero-order valence-corrected chi connectivity index (χ0v) is 12.5. The van der Waals surface area contributed by atoms with Gasteiger partial charge in [-0.05, 0) is 37.5 Å². The van der Waals surface area contributed by atoms with Crippen LogP contribution in [0.15, 0.2) is 23.1 Å². The highest BCUT2D eigenvalue weighted by molar-refractivity contribution is 8.00. The van der Waals surface area contributed by atoms with E-state index in [0.29, 0.717) is 17.0 Å². The van der Waals surface area contributed by atoms with Crippen LogP contribution in [0.5, 0.6) is 0 Å². The molecule has 3 nitrogen and oxygen atoms in total. The van der Waals surface area contributed by atoms with E-state index in [-0.39, 0.29) is 11.7 Å². The zero-order valence-electron chi connectivity index (χ0n) is 11.6. The van der Waals surface area contributed by atoms with Crippen LogP contribution in [-0.2, 0) is 4.79 Å². The second-order valence-corrected chi connectivity index (χ2v) is 6.68. The molecule has 0 saturated carbocycles. The van der Waals surface area contributed by atoms with E-state index in [0.717, 1.165) is 38.1 Å². The maximum Gasteiger partial charge on any atom is 0.232 e. The number of carbonyl (C=O) groups excluding carboxylic acids is 1. The molecule has 1 aromatic rings. The molecule has 2 aliphatic rings. The van der Waals surface area contributed by atoms with Crippen LogP contribution in [0, 0.1) is 11.6 Å². The molecule has 1 aromatic carbocycles. The van der Waals surface area contributed by atoms with Crippen LogP contribution in [0.4, 0.5) is 8.78 Å². The van der Waals surface area contributed by atoms with E-state index in [1.165, 1.54) is 24.2 Å². The Kier molecular flexibility index (Phi) is 4.45. The molecule has 2 fully saturated rings. The van der Waals surface area contributed by atoms with Gasteiger partial charge in [0.05, 0.1) is 5.75 Å². The molecular weight excluding hydrogens is 294 g/mol. The predicted molar refractivity (Wildman–Crippen MR) is 78.2 cm³/mol. The van der Waals surface area contributed by atoms with Crippen LogP contribution in [0.2, 0.25) is 0 Å². The molecule has 114 valence electrons. The van der Waals surface area contributed by atoms with Crippen molar-refractivity contribution in [2.45, 2.75) is 36.2 Å². The van der Waals surface area contributed by atoms with Gasteiger partial charge in [-0.25, -0.2) is 8.78 Å². The Balaban J connectivity index is 1.55. The largest absolute Gasteiger partial charge is 0.340 e. The Morgan fingerprint density at radius 2 is 2.05 bits per heavy atom.